The van der Waals surface area contributed by atoms with Crippen molar-refractivity contribution in [3.8, 4) is 0 Å². The molecule has 120 valence electrons. The molecule has 0 saturated carbocycles. The van der Waals surface area contributed by atoms with Gasteiger partial charge in [0, 0.05) is 19.1 Å². The Morgan fingerprint density at radius 3 is 2.52 bits per heavy atom. The number of carbonyl (C=O) groups is 2. The lowest BCUT2D eigenvalue weighted by atomic mass is 9.86. The summed E-state index contributed by atoms with van der Waals surface area (Å²) in [6, 6.07) is -0.261. The Morgan fingerprint density at radius 1 is 1.38 bits per heavy atom. The second-order valence-corrected chi connectivity index (χ2v) is 5.43. The van der Waals surface area contributed by atoms with Gasteiger partial charge in [0.1, 0.15) is 0 Å². The minimum Gasteiger partial charge on any atom is -0.481 e. The highest BCUT2D eigenvalue weighted by Crippen LogP contribution is 2.46. The van der Waals surface area contributed by atoms with Crippen molar-refractivity contribution < 1.29 is 32.6 Å². The first kappa shape index (κ1) is 16.0. The normalized spacial score (nSPS) is 33.4. The van der Waals surface area contributed by atoms with E-state index in [1.807, 2.05) is 0 Å². The number of hydrogen-bond donors (Lipinski definition) is 2. The number of alkyl halides is 3. The average Bonchev–Trinajstić information content (AvgIpc) is 3.04. The molecule has 0 aromatic carbocycles. The summed E-state index contributed by atoms with van der Waals surface area (Å²) in [5, 5.41) is 11.8. The van der Waals surface area contributed by atoms with Crippen molar-refractivity contribution in [1.29, 1.82) is 0 Å². The van der Waals surface area contributed by atoms with Crippen LogP contribution in [0.25, 0.3) is 0 Å². The van der Waals surface area contributed by atoms with Gasteiger partial charge in [-0.1, -0.05) is 0 Å². The molecule has 0 bridgehead atoms. The van der Waals surface area contributed by atoms with Crippen molar-refractivity contribution in [3.05, 3.63) is 0 Å². The van der Waals surface area contributed by atoms with E-state index in [1.54, 1.807) is 7.05 Å². The standard InChI is InChI=1S/C12H17F3N2O4/c1-16-8-5-21-4-7(8)9(18)17-3-2-11(6-17,10(19)20)12(13,14)15/h7-8,16H,2-6H2,1H3,(H,19,20). The van der Waals surface area contributed by atoms with Crippen LogP contribution in [0.4, 0.5) is 13.2 Å². The number of likely N-dealkylation sites (N-methyl/N-ethyl adjacent to an activating group) is 1. The molecule has 21 heavy (non-hydrogen) atoms. The van der Waals surface area contributed by atoms with Gasteiger partial charge in [-0.15, -0.1) is 0 Å². The monoisotopic (exact) mass is 310 g/mol. The number of carboxylic acid groups (broad SMARTS) is 1. The third-order valence-electron chi connectivity index (χ3n) is 4.30. The highest BCUT2D eigenvalue weighted by molar-refractivity contribution is 5.83. The van der Waals surface area contributed by atoms with Gasteiger partial charge in [-0.2, -0.15) is 13.2 Å². The predicted molar refractivity (Wildman–Crippen MR) is 64.5 cm³/mol. The van der Waals surface area contributed by atoms with Crippen LogP contribution in [0, 0.1) is 11.3 Å². The van der Waals surface area contributed by atoms with Gasteiger partial charge >= 0.3 is 12.1 Å². The number of amides is 1. The molecule has 2 N–H and O–H groups in total. The maximum atomic E-state index is 13.1. The van der Waals surface area contributed by atoms with Gasteiger partial charge in [0.25, 0.3) is 0 Å². The highest BCUT2D eigenvalue weighted by atomic mass is 19.4. The first-order valence-corrected chi connectivity index (χ1v) is 6.57. The number of halogens is 3. The number of carboxylic acids is 1. The van der Waals surface area contributed by atoms with Gasteiger partial charge < -0.3 is 20.1 Å². The molecule has 2 heterocycles. The quantitative estimate of drug-likeness (QED) is 0.772. The van der Waals surface area contributed by atoms with Crippen LogP contribution in [0.3, 0.4) is 0 Å². The Morgan fingerprint density at radius 2 is 2.05 bits per heavy atom. The molecular formula is C12H17F3N2O4. The van der Waals surface area contributed by atoms with Crippen molar-refractivity contribution in [2.75, 3.05) is 33.4 Å². The third kappa shape index (κ3) is 2.59. The molecule has 6 nitrogen and oxygen atoms in total. The molecule has 2 rings (SSSR count). The fourth-order valence-corrected chi connectivity index (χ4v) is 2.84. The fourth-order valence-electron chi connectivity index (χ4n) is 2.84. The van der Waals surface area contributed by atoms with Gasteiger partial charge in [0.15, 0.2) is 5.41 Å². The van der Waals surface area contributed by atoms with E-state index in [9.17, 15) is 22.8 Å². The molecule has 9 heteroatoms. The third-order valence-corrected chi connectivity index (χ3v) is 4.30. The molecule has 2 fully saturated rings. The number of aliphatic carboxylic acids is 1. The van der Waals surface area contributed by atoms with Crippen molar-refractivity contribution in [2.24, 2.45) is 11.3 Å². The highest BCUT2D eigenvalue weighted by Gasteiger charge is 2.64. The number of carbonyl (C=O) groups excluding carboxylic acids is 1. The van der Waals surface area contributed by atoms with Crippen LogP contribution in [0.2, 0.25) is 0 Å². The number of likely N-dealkylation sites (tertiary alicyclic amines) is 1. The number of hydrogen-bond acceptors (Lipinski definition) is 4. The van der Waals surface area contributed by atoms with Crippen molar-refractivity contribution in [3.63, 3.8) is 0 Å². The minimum atomic E-state index is -4.89. The van der Waals surface area contributed by atoms with Crippen molar-refractivity contribution in [1.82, 2.24) is 10.2 Å². The number of nitrogens with one attached hydrogen (secondary N) is 1. The van der Waals surface area contributed by atoms with E-state index < -0.39 is 42.4 Å². The van der Waals surface area contributed by atoms with E-state index in [0.717, 1.165) is 4.90 Å². The van der Waals surface area contributed by atoms with Gasteiger partial charge in [-0.05, 0) is 13.5 Å². The number of rotatable bonds is 3. The van der Waals surface area contributed by atoms with E-state index in [2.05, 4.69) is 5.32 Å². The molecule has 2 aliphatic heterocycles. The Kier molecular flexibility index (Phi) is 4.16. The van der Waals surface area contributed by atoms with Crippen LogP contribution in [0.15, 0.2) is 0 Å². The van der Waals surface area contributed by atoms with E-state index in [1.165, 1.54) is 0 Å². The van der Waals surface area contributed by atoms with Gasteiger partial charge in [-0.25, -0.2) is 0 Å². The second-order valence-electron chi connectivity index (χ2n) is 5.43. The number of nitrogens with zero attached hydrogens (tertiary/aromatic N) is 1. The Hall–Kier alpha value is -1.35. The minimum absolute atomic E-state index is 0.132. The summed E-state index contributed by atoms with van der Waals surface area (Å²) >= 11 is 0. The van der Waals surface area contributed by atoms with Crippen LogP contribution in [0.1, 0.15) is 6.42 Å². The summed E-state index contributed by atoms with van der Waals surface area (Å²) in [6.07, 6.45) is -5.50. The molecule has 3 atom stereocenters. The largest absolute Gasteiger partial charge is 0.481 e. The molecule has 0 aromatic rings. The molecule has 3 unspecified atom stereocenters. The first-order valence-electron chi connectivity index (χ1n) is 6.57. The van der Waals surface area contributed by atoms with Crippen LogP contribution in [0.5, 0.6) is 0 Å². The van der Waals surface area contributed by atoms with E-state index in [-0.39, 0.29) is 19.2 Å². The molecule has 2 saturated heterocycles. The average molecular weight is 310 g/mol. The molecule has 0 spiro atoms. The molecule has 1 amide bonds. The Bertz CT molecular complexity index is 443. The molecular weight excluding hydrogens is 293 g/mol. The SMILES string of the molecule is CNC1COCC1C(=O)N1CCC(C(=O)O)(C(F)(F)F)C1. The van der Waals surface area contributed by atoms with E-state index >= 15 is 0 Å². The lowest BCUT2D eigenvalue weighted by molar-refractivity contribution is -0.227. The zero-order valence-electron chi connectivity index (χ0n) is 11.4. The fraction of sp³-hybridized carbons (Fsp3) is 0.833. The maximum absolute atomic E-state index is 13.1. The maximum Gasteiger partial charge on any atom is 0.406 e. The van der Waals surface area contributed by atoms with Crippen LogP contribution in [-0.2, 0) is 14.3 Å². The summed E-state index contributed by atoms with van der Waals surface area (Å²) in [5.41, 5.74) is -2.86. The van der Waals surface area contributed by atoms with Crippen molar-refractivity contribution in [2.45, 2.75) is 18.6 Å². The predicted octanol–water partition coefficient (Wildman–Crippen LogP) is 0.0864. The summed E-state index contributed by atoms with van der Waals surface area (Å²) in [7, 11) is 1.64. The van der Waals surface area contributed by atoms with E-state index in [4.69, 9.17) is 9.84 Å². The van der Waals surface area contributed by atoms with Crippen LogP contribution < -0.4 is 5.32 Å². The second kappa shape index (κ2) is 5.45. The van der Waals surface area contributed by atoms with Gasteiger partial charge in [0.05, 0.1) is 19.1 Å². The smallest absolute Gasteiger partial charge is 0.406 e. The summed E-state index contributed by atoms with van der Waals surface area (Å²) in [4.78, 5) is 24.4. The molecule has 2 aliphatic rings. The summed E-state index contributed by atoms with van der Waals surface area (Å²) in [5.74, 6) is -3.00. The van der Waals surface area contributed by atoms with Crippen molar-refractivity contribution >= 4 is 11.9 Å². The van der Waals surface area contributed by atoms with Gasteiger partial charge in [0.2, 0.25) is 5.91 Å². The van der Waals surface area contributed by atoms with Gasteiger partial charge in [-0.3, -0.25) is 9.59 Å². The molecule has 0 aromatic heterocycles. The Labute approximate surface area is 119 Å². The van der Waals surface area contributed by atoms with E-state index in [0.29, 0.717) is 6.61 Å². The summed E-state index contributed by atoms with van der Waals surface area (Å²) < 4.78 is 44.4. The zero-order chi connectivity index (χ0) is 15.8. The van der Waals surface area contributed by atoms with Crippen LogP contribution in [-0.4, -0.2) is 67.5 Å². The first-order chi connectivity index (χ1) is 9.73. The molecule has 0 aliphatic carbocycles. The summed E-state index contributed by atoms with van der Waals surface area (Å²) in [6.45, 7) is -0.605. The lowest BCUT2D eigenvalue weighted by Crippen LogP contribution is -2.49. The zero-order valence-corrected chi connectivity index (χ0v) is 11.4. The molecule has 0 radical (unpaired) electrons. The number of ether oxygens (including phenoxy) is 1. The lowest BCUT2D eigenvalue weighted by Gasteiger charge is -2.28. The topological polar surface area (TPSA) is 78.9 Å². The Balaban J connectivity index is 2.14. The van der Waals surface area contributed by atoms with Crippen LogP contribution >= 0.6 is 0 Å².